The molecule has 0 bridgehead atoms. The van der Waals surface area contributed by atoms with Gasteiger partial charge in [0.1, 0.15) is 0 Å². The number of rotatable bonds is 10. The Morgan fingerprint density at radius 2 is 1.73 bits per heavy atom. The number of amides is 1. The summed E-state index contributed by atoms with van der Waals surface area (Å²) < 4.78 is 17.6. The van der Waals surface area contributed by atoms with Crippen molar-refractivity contribution >= 4 is 49.2 Å². The Morgan fingerprint density at radius 3 is 2.39 bits per heavy atom. The van der Waals surface area contributed by atoms with Crippen LogP contribution in [0.3, 0.4) is 0 Å². The number of hydrogen-bond donors (Lipinski definition) is 0. The van der Waals surface area contributed by atoms with Crippen molar-refractivity contribution in [3.05, 3.63) is 76.6 Å². The van der Waals surface area contributed by atoms with Gasteiger partial charge in [-0.15, -0.1) is 0 Å². The molecule has 220 valence electrons. The minimum absolute atomic E-state index is 0.0954. The standard InChI is InChI=1S/C32H42BrNO5Si2/c1-32(2,3)41(6,7)39-18-12-11-17-34(23-15-16-25(19-23)40(4,5)24-13-9-8-10-14-24)31(36)30(35)26-20-28-29(21-27(26)33)38-22-37-28/h8-10,12-15,18,20-21,25H,11,16-17,19,22H2,1-7H3/b18-12+. The molecule has 2 aromatic carbocycles. The number of carbonyl (C=O) groups is 2. The van der Waals surface area contributed by atoms with E-state index in [1.807, 2.05) is 6.08 Å². The van der Waals surface area contributed by atoms with Crippen molar-refractivity contribution in [3.63, 3.8) is 0 Å². The van der Waals surface area contributed by atoms with Gasteiger partial charge in [-0.25, -0.2) is 0 Å². The van der Waals surface area contributed by atoms with Gasteiger partial charge in [0, 0.05) is 22.3 Å². The van der Waals surface area contributed by atoms with Gasteiger partial charge >= 0.3 is 0 Å². The van der Waals surface area contributed by atoms with Crippen LogP contribution in [-0.2, 0) is 9.22 Å². The summed E-state index contributed by atoms with van der Waals surface area (Å²) >= 11 is 3.46. The van der Waals surface area contributed by atoms with Crippen LogP contribution in [0.1, 0.15) is 50.4 Å². The first-order valence-electron chi connectivity index (χ1n) is 14.2. The molecule has 1 atom stereocenters. The first-order valence-corrected chi connectivity index (χ1v) is 21.0. The molecule has 1 unspecified atom stereocenters. The Bertz CT molecular complexity index is 1350. The Balaban J connectivity index is 1.54. The number of fused-ring (bicyclic) bond motifs is 1. The maximum atomic E-state index is 13.9. The van der Waals surface area contributed by atoms with Crippen LogP contribution in [0, 0.1) is 0 Å². The van der Waals surface area contributed by atoms with Crippen LogP contribution in [0.15, 0.2) is 71.0 Å². The first-order chi connectivity index (χ1) is 19.2. The molecule has 0 aromatic heterocycles. The topological polar surface area (TPSA) is 65.1 Å². The molecule has 2 aliphatic rings. The third-order valence-corrected chi connectivity index (χ3v) is 18.2. The predicted octanol–water partition coefficient (Wildman–Crippen LogP) is 7.78. The monoisotopic (exact) mass is 655 g/mol. The molecular weight excluding hydrogens is 614 g/mol. The number of benzene rings is 2. The summed E-state index contributed by atoms with van der Waals surface area (Å²) in [6, 6.07) is 14.0. The highest BCUT2D eigenvalue weighted by molar-refractivity contribution is 9.10. The van der Waals surface area contributed by atoms with Crippen LogP contribution in [0.5, 0.6) is 11.5 Å². The van der Waals surface area contributed by atoms with Gasteiger partial charge in [-0.1, -0.05) is 75.5 Å². The molecule has 0 spiro atoms. The number of nitrogens with zero attached hydrogens (tertiary/aromatic N) is 1. The minimum atomic E-state index is -1.92. The summed E-state index contributed by atoms with van der Waals surface area (Å²) in [6.45, 7) is 16.3. The first kappa shape index (κ1) is 31.3. The maximum absolute atomic E-state index is 13.9. The molecule has 0 radical (unpaired) electrons. The Morgan fingerprint density at radius 1 is 1.07 bits per heavy atom. The molecule has 9 heteroatoms. The van der Waals surface area contributed by atoms with Crippen molar-refractivity contribution in [2.45, 2.75) is 76.8 Å². The lowest BCUT2D eigenvalue weighted by Crippen LogP contribution is -2.45. The van der Waals surface area contributed by atoms with E-state index in [9.17, 15) is 9.59 Å². The van der Waals surface area contributed by atoms with E-state index in [1.54, 1.807) is 23.3 Å². The zero-order valence-electron chi connectivity index (χ0n) is 25.3. The van der Waals surface area contributed by atoms with E-state index >= 15 is 0 Å². The van der Waals surface area contributed by atoms with Crippen molar-refractivity contribution in [1.29, 1.82) is 0 Å². The van der Waals surface area contributed by atoms with E-state index in [2.05, 4.69) is 99.3 Å². The zero-order valence-corrected chi connectivity index (χ0v) is 28.8. The molecule has 1 heterocycles. The van der Waals surface area contributed by atoms with Crippen LogP contribution in [0.25, 0.3) is 0 Å². The Kier molecular flexibility index (Phi) is 9.40. The molecule has 0 saturated carbocycles. The van der Waals surface area contributed by atoms with Gasteiger partial charge in [0.15, 0.2) is 11.5 Å². The molecule has 41 heavy (non-hydrogen) atoms. The van der Waals surface area contributed by atoms with Crippen molar-refractivity contribution in [2.24, 2.45) is 0 Å². The Hall–Kier alpha value is -2.63. The molecule has 0 saturated heterocycles. The molecule has 0 N–H and O–H groups in total. The Labute approximate surface area is 255 Å². The lowest BCUT2D eigenvalue weighted by Gasteiger charge is -2.35. The van der Waals surface area contributed by atoms with E-state index in [-0.39, 0.29) is 17.4 Å². The lowest BCUT2D eigenvalue weighted by molar-refractivity contribution is -0.124. The zero-order chi connectivity index (χ0) is 30.0. The van der Waals surface area contributed by atoms with E-state index in [1.165, 1.54) is 5.19 Å². The second-order valence-electron chi connectivity index (χ2n) is 12.9. The van der Waals surface area contributed by atoms with Crippen LogP contribution in [0.4, 0.5) is 0 Å². The van der Waals surface area contributed by atoms with E-state index in [4.69, 9.17) is 13.9 Å². The molecule has 1 amide bonds. The van der Waals surface area contributed by atoms with Crippen LogP contribution < -0.4 is 14.7 Å². The number of allylic oxidation sites excluding steroid dienone is 2. The fraction of sp³-hybridized carbons (Fsp3) is 0.438. The van der Waals surface area contributed by atoms with Crippen LogP contribution in [-0.4, -0.2) is 46.3 Å². The highest BCUT2D eigenvalue weighted by Crippen LogP contribution is 2.41. The molecule has 6 nitrogen and oxygen atoms in total. The summed E-state index contributed by atoms with van der Waals surface area (Å²) in [5.41, 5.74) is 1.65. The third kappa shape index (κ3) is 6.89. The number of ether oxygens (including phenoxy) is 2. The van der Waals surface area contributed by atoms with Gasteiger partial charge < -0.3 is 18.8 Å². The maximum Gasteiger partial charge on any atom is 0.299 e. The van der Waals surface area contributed by atoms with Gasteiger partial charge in [-0.05, 0) is 77.1 Å². The third-order valence-electron chi connectivity index (χ3n) is 8.91. The largest absolute Gasteiger partial charge is 0.549 e. The lowest BCUT2D eigenvalue weighted by atomic mass is 10.1. The number of Topliss-reactive ketones (excluding diaryl/α,β-unsaturated/α-hetero) is 1. The van der Waals surface area contributed by atoms with E-state index < -0.39 is 28.1 Å². The van der Waals surface area contributed by atoms with E-state index in [0.29, 0.717) is 34.5 Å². The molecule has 1 aliphatic carbocycles. The number of hydrogen-bond acceptors (Lipinski definition) is 5. The van der Waals surface area contributed by atoms with Gasteiger partial charge in [-0.3, -0.25) is 9.59 Å². The SMILES string of the molecule is CC(C)(C)[Si](C)(C)O/C=C/CCN(C(=O)C(=O)c1cc2c(cc1Br)OCO2)C1=CCC([Si](C)(C)c2ccccc2)C1. The van der Waals surface area contributed by atoms with Crippen molar-refractivity contribution in [2.75, 3.05) is 13.3 Å². The number of halogens is 1. The second-order valence-corrected chi connectivity index (χ2v) is 23.4. The highest BCUT2D eigenvalue weighted by atomic mass is 79.9. The molecular formula is C32H42BrNO5Si2. The fourth-order valence-electron chi connectivity index (χ4n) is 4.94. The summed E-state index contributed by atoms with van der Waals surface area (Å²) in [6.07, 6.45) is 8.18. The van der Waals surface area contributed by atoms with Crippen molar-refractivity contribution in [1.82, 2.24) is 4.90 Å². The van der Waals surface area contributed by atoms with Crippen molar-refractivity contribution < 1.29 is 23.5 Å². The smallest absolute Gasteiger partial charge is 0.299 e. The van der Waals surface area contributed by atoms with Gasteiger partial charge in [-0.2, -0.15) is 0 Å². The normalized spacial score (nSPS) is 17.1. The molecule has 4 rings (SSSR count). The van der Waals surface area contributed by atoms with Gasteiger partial charge in [0.05, 0.1) is 14.3 Å². The predicted molar refractivity (Wildman–Crippen MR) is 173 cm³/mol. The molecule has 2 aromatic rings. The van der Waals surface area contributed by atoms with Crippen LogP contribution in [0.2, 0.25) is 36.8 Å². The summed E-state index contributed by atoms with van der Waals surface area (Å²) in [4.78, 5) is 29.2. The average molecular weight is 657 g/mol. The highest BCUT2D eigenvalue weighted by Gasteiger charge is 2.39. The van der Waals surface area contributed by atoms with Crippen molar-refractivity contribution in [3.8, 4) is 11.5 Å². The van der Waals surface area contributed by atoms with E-state index in [0.717, 1.165) is 18.5 Å². The van der Waals surface area contributed by atoms with Crippen LogP contribution >= 0.6 is 15.9 Å². The second kappa shape index (κ2) is 12.3. The summed E-state index contributed by atoms with van der Waals surface area (Å²) in [7, 11) is -3.73. The quantitative estimate of drug-likeness (QED) is 0.113. The van der Waals surface area contributed by atoms with Gasteiger partial charge in [0.25, 0.3) is 11.7 Å². The summed E-state index contributed by atoms with van der Waals surface area (Å²) in [5.74, 6) is -0.0774. The fourth-order valence-corrected chi connectivity index (χ4v) is 9.18. The number of carbonyl (C=O) groups excluding carboxylic acids is 2. The number of ketones is 1. The minimum Gasteiger partial charge on any atom is -0.549 e. The molecule has 0 fully saturated rings. The molecule has 1 aliphatic heterocycles. The average Bonchev–Trinajstić information content (AvgIpc) is 3.59. The van der Waals surface area contributed by atoms with Gasteiger partial charge in [0.2, 0.25) is 15.1 Å². The summed E-state index contributed by atoms with van der Waals surface area (Å²) in [5, 5.41) is 1.51.